The van der Waals surface area contributed by atoms with Gasteiger partial charge in [0.1, 0.15) is 24.7 Å². The molecular weight excluding hydrogens is 954 g/mol. The van der Waals surface area contributed by atoms with Gasteiger partial charge in [0, 0.05) is 98.4 Å². The molecule has 2 N–H and O–H groups in total. The summed E-state index contributed by atoms with van der Waals surface area (Å²) < 4.78 is 57.0. The van der Waals surface area contributed by atoms with Gasteiger partial charge in [-0.3, -0.25) is 34.1 Å². The van der Waals surface area contributed by atoms with Crippen molar-refractivity contribution in [3.05, 3.63) is 70.8 Å². The van der Waals surface area contributed by atoms with Gasteiger partial charge in [-0.05, 0) is 75.1 Å². The standard InChI is InChI=1S/C51H65F3N10O7S/c1-10-42(65)62-20-19-59(7)39-24-61(25-40(39)62)49(69)60(8)44(29(2)3)46(66)57-36-22-41-56-37(26-72-41)31-15-16-38-33(21-31)34(23-50(5,6)28-71-48(68)35-14-12-18-64(58-35)47(36)67)45(63(38)27-51(52,53)54)32-13-11-17-55-43(32)30(4)70-9/h10-11,13,15-17,21,26,29-30,35-36,39-40,44,58H,1,12,14,18-20,22-25,27-28H2,2-9H3,(H,57,66)/t30-,35-,36-,39+,40-,44-/m0/s1. The van der Waals surface area contributed by atoms with E-state index in [-0.39, 0.29) is 50.5 Å². The lowest BCUT2D eigenvalue weighted by Crippen LogP contribution is -2.62. The summed E-state index contributed by atoms with van der Waals surface area (Å²) in [7, 11) is 5.04. The van der Waals surface area contributed by atoms with Crippen LogP contribution in [-0.2, 0) is 48.0 Å². The van der Waals surface area contributed by atoms with Gasteiger partial charge in [-0.15, -0.1) is 11.3 Å². The zero-order valence-corrected chi connectivity index (χ0v) is 42.9. The summed E-state index contributed by atoms with van der Waals surface area (Å²) >= 11 is 1.26. The number of nitrogens with zero attached hydrogens (tertiary/aromatic N) is 8. The zero-order valence-electron chi connectivity index (χ0n) is 42.1. The molecule has 0 radical (unpaired) electrons. The molecule has 7 heterocycles. The number of benzene rings is 1. The number of aromatic nitrogens is 3. The Labute approximate surface area is 421 Å². The molecule has 3 aromatic heterocycles. The van der Waals surface area contributed by atoms with E-state index in [4.69, 9.17) is 14.5 Å². The number of thiazole rings is 1. The molecule has 388 valence electrons. The molecule has 21 heteroatoms. The number of carbonyl (C=O) groups excluding carboxylic acids is 5. The second-order valence-electron chi connectivity index (χ2n) is 20.6. The van der Waals surface area contributed by atoms with Gasteiger partial charge >= 0.3 is 18.2 Å². The van der Waals surface area contributed by atoms with Crippen molar-refractivity contribution in [2.24, 2.45) is 11.3 Å². The molecule has 72 heavy (non-hydrogen) atoms. The molecule has 17 nitrogen and oxygen atoms in total. The van der Waals surface area contributed by atoms with Gasteiger partial charge in [0.2, 0.25) is 11.8 Å². The summed E-state index contributed by atoms with van der Waals surface area (Å²) in [6.07, 6.45) is -1.37. The molecule has 6 bridgehead atoms. The maximum Gasteiger partial charge on any atom is 0.406 e. The van der Waals surface area contributed by atoms with Crippen LogP contribution < -0.4 is 10.7 Å². The third kappa shape index (κ3) is 10.7. The lowest BCUT2D eigenvalue weighted by atomic mass is 9.84. The molecule has 0 aliphatic carbocycles. The number of likely N-dealkylation sites (N-methyl/N-ethyl adjacent to an activating group) is 2. The van der Waals surface area contributed by atoms with Gasteiger partial charge in [-0.25, -0.2) is 15.2 Å². The number of fused-ring (bicyclic) bond motifs is 7. The number of likely N-dealkylation sites (tertiary alicyclic amines) is 1. The van der Waals surface area contributed by atoms with E-state index in [1.165, 1.54) is 39.0 Å². The highest BCUT2D eigenvalue weighted by Crippen LogP contribution is 2.43. The normalized spacial score (nSPS) is 22.8. The van der Waals surface area contributed by atoms with E-state index < -0.39 is 72.1 Å². The predicted octanol–water partition coefficient (Wildman–Crippen LogP) is 5.83. The number of hydrazine groups is 1. The third-order valence-corrected chi connectivity index (χ3v) is 15.3. The molecule has 4 aromatic rings. The summed E-state index contributed by atoms with van der Waals surface area (Å²) in [5.41, 5.74) is 5.57. The fourth-order valence-corrected chi connectivity index (χ4v) is 11.6. The summed E-state index contributed by atoms with van der Waals surface area (Å²) in [5, 5.41) is 7.15. The second-order valence-corrected chi connectivity index (χ2v) is 21.5. The number of ether oxygens (including phenoxy) is 2. The number of rotatable bonds is 9. The van der Waals surface area contributed by atoms with Crippen molar-refractivity contribution in [1.82, 2.24) is 49.9 Å². The number of pyridine rings is 1. The van der Waals surface area contributed by atoms with Crippen molar-refractivity contribution < 1.29 is 46.6 Å². The van der Waals surface area contributed by atoms with Crippen LogP contribution in [0.3, 0.4) is 0 Å². The van der Waals surface area contributed by atoms with E-state index in [1.54, 1.807) is 54.2 Å². The van der Waals surface area contributed by atoms with E-state index in [2.05, 4.69) is 27.2 Å². The van der Waals surface area contributed by atoms with Crippen LogP contribution in [0.2, 0.25) is 0 Å². The number of piperazine rings is 1. The largest absolute Gasteiger partial charge is 0.464 e. The second kappa shape index (κ2) is 20.9. The lowest BCUT2D eigenvalue weighted by Gasteiger charge is -2.41. The topological polar surface area (TPSA) is 175 Å². The van der Waals surface area contributed by atoms with Crippen molar-refractivity contribution in [3.63, 3.8) is 0 Å². The Bertz CT molecular complexity index is 2720. The first-order valence-electron chi connectivity index (χ1n) is 24.4. The number of hydrogen-bond acceptors (Lipinski definition) is 12. The number of alkyl halides is 3. The van der Waals surface area contributed by atoms with Crippen molar-refractivity contribution >= 4 is 52.0 Å². The van der Waals surface area contributed by atoms with Crippen molar-refractivity contribution in [1.29, 1.82) is 0 Å². The highest BCUT2D eigenvalue weighted by molar-refractivity contribution is 7.10. The Balaban J connectivity index is 1.16. The summed E-state index contributed by atoms with van der Waals surface area (Å²) in [6, 6.07) is 4.73. The van der Waals surface area contributed by atoms with Crippen LogP contribution in [0.5, 0.6) is 0 Å². The number of methoxy groups -OCH3 is 1. The number of hydrogen-bond donors (Lipinski definition) is 2. The highest BCUT2D eigenvalue weighted by atomic mass is 32.1. The van der Waals surface area contributed by atoms with Gasteiger partial charge in [0.25, 0.3) is 5.91 Å². The molecule has 4 aliphatic heterocycles. The molecule has 4 aliphatic rings. The third-order valence-electron chi connectivity index (χ3n) is 14.4. The number of nitrogens with one attached hydrogen (secondary N) is 2. The van der Waals surface area contributed by atoms with Crippen LogP contribution in [-0.4, -0.2) is 166 Å². The molecule has 0 spiro atoms. The molecule has 8 rings (SSSR count). The quantitative estimate of drug-likeness (QED) is 0.153. The number of esters is 1. The van der Waals surface area contributed by atoms with Crippen molar-refractivity contribution in [3.8, 4) is 22.5 Å². The van der Waals surface area contributed by atoms with E-state index in [0.717, 1.165) is 0 Å². The van der Waals surface area contributed by atoms with E-state index in [9.17, 15) is 37.1 Å². The smallest absolute Gasteiger partial charge is 0.406 e. The van der Waals surface area contributed by atoms with E-state index >= 15 is 0 Å². The number of cyclic esters (lactones) is 1. The first-order valence-corrected chi connectivity index (χ1v) is 25.3. The van der Waals surface area contributed by atoms with Crippen molar-refractivity contribution in [2.75, 3.05) is 60.5 Å². The Morgan fingerprint density at radius 1 is 1.11 bits per heavy atom. The van der Waals surface area contributed by atoms with Gasteiger partial charge < -0.3 is 34.1 Å². The molecule has 6 atom stereocenters. The minimum atomic E-state index is -4.60. The molecule has 3 fully saturated rings. The average molecular weight is 1020 g/mol. The molecular formula is C51H65F3N10O7S. The predicted molar refractivity (Wildman–Crippen MR) is 265 cm³/mol. The van der Waals surface area contributed by atoms with E-state index in [1.807, 2.05) is 46.2 Å². The maximum absolute atomic E-state index is 14.7. The van der Waals surface area contributed by atoms with Crippen molar-refractivity contribution in [2.45, 2.75) is 109 Å². The number of carbonyl (C=O) groups is 5. The first kappa shape index (κ1) is 52.4. The Morgan fingerprint density at radius 2 is 1.86 bits per heavy atom. The molecule has 0 saturated carbocycles. The zero-order chi connectivity index (χ0) is 52.0. The van der Waals surface area contributed by atoms with Crippen LogP contribution >= 0.6 is 11.3 Å². The van der Waals surface area contributed by atoms with Gasteiger partial charge in [-0.1, -0.05) is 40.3 Å². The monoisotopic (exact) mass is 1020 g/mol. The SMILES string of the molecule is C=CC(=O)N1CCN(C)[C@@H]2CN(C(=O)N(C)[C@H](C(=O)N[C@H]3Cc4nc(cs4)-c4ccc5c(c4)c(c(-c4cccnc4[C@H](C)OC)n5CC(F)(F)F)CC(C)(C)COC(=O)[C@@H]4CCCN(N4)C3=O)C(C)C)C[C@@H]21. The van der Waals surface area contributed by atoms with Crippen LogP contribution in [0, 0.1) is 11.3 Å². The van der Waals surface area contributed by atoms with Gasteiger partial charge in [-0.2, -0.15) is 13.2 Å². The molecule has 0 unspecified atom stereocenters. The van der Waals surface area contributed by atoms with Crippen LogP contribution in [0.15, 0.2) is 54.6 Å². The minimum absolute atomic E-state index is 0.0603. The summed E-state index contributed by atoms with van der Waals surface area (Å²) in [5.74, 6) is -2.30. The molecule has 3 saturated heterocycles. The first-order chi connectivity index (χ1) is 34.1. The maximum atomic E-state index is 14.7. The summed E-state index contributed by atoms with van der Waals surface area (Å²) in [6.45, 7) is 13.4. The van der Waals surface area contributed by atoms with Crippen LogP contribution in [0.25, 0.3) is 33.4 Å². The van der Waals surface area contributed by atoms with Crippen LogP contribution in [0.1, 0.15) is 69.8 Å². The molecule has 5 amide bonds. The fourth-order valence-electron chi connectivity index (χ4n) is 10.8. The van der Waals surface area contributed by atoms with Crippen LogP contribution in [0.4, 0.5) is 18.0 Å². The Morgan fingerprint density at radius 3 is 2.57 bits per heavy atom. The highest BCUT2D eigenvalue weighted by Gasteiger charge is 2.47. The Hall–Kier alpha value is -5.90. The average Bonchev–Trinajstić information content (AvgIpc) is 4.08. The van der Waals surface area contributed by atoms with Gasteiger partial charge in [0.05, 0.1) is 40.8 Å². The number of amides is 5. The number of halogens is 3. The van der Waals surface area contributed by atoms with Gasteiger partial charge in [0.15, 0.2) is 0 Å². The minimum Gasteiger partial charge on any atom is -0.464 e. The molecule has 1 aromatic carbocycles. The lowest BCUT2D eigenvalue weighted by molar-refractivity contribution is -0.155. The summed E-state index contributed by atoms with van der Waals surface area (Å²) in [4.78, 5) is 86.9. The number of urea groups is 1. The Kier molecular flexibility index (Phi) is 15.2. The van der Waals surface area contributed by atoms with E-state index in [0.29, 0.717) is 82.2 Å². The fraction of sp³-hybridized carbons (Fsp3) is 0.549.